The fraction of sp³-hybridized carbons (Fsp3) is 0.333. The van der Waals surface area contributed by atoms with Crippen LogP contribution >= 0.6 is 23.2 Å². The third-order valence-corrected chi connectivity index (χ3v) is 3.22. The Bertz CT molecular complexity index is 487. The Morgan fingerprint density at radius 1 is 1.37 bits per heavy atom. The van der Waals surface area contributed by atoms with Gasteiger partial charge in [0.05, 0.1) is 19.5 Å². The number of rotatable bonds is 3. The van der Waals surface area contributed by atoms with Crippen LogP contribution in [0, 0.1) is 0 Å². The molecule has 1 heterocycles. The highest BCUT2D eigenvalue weighted by Crippen LogP contribution is 2.22. The number of anilines is 1. The molecule has 1 aromatic rings. The van der Waals surface area contributed by atoms with Crippen molar-refractivity contribution in [1.82, 2.24) is 5.32 Å². The summed E-state index contributed by atoms with van der Waals surface area (Å²) >= 11 is 11.7. The Balaban J connectivity index is 1.95. The molecule has 19 heavy (non-hydrogen) atoms. The molecule has 1 aliphatic heterocycles. The van der Waals surface area contributed by atoms with Crippen LogP contribution in [0.2, 0.25) is 10.0 Å². The summed E-state index contributed by atoms with van der Waals surface area (Å²) in [6.45, 7) is 1.42. The molecule has 1 aliphatic rings. The number of hydrogen-bond acceptors (Lipinski definition) is 2. The summed E-state index contributed by atoms with van der Waals surface area (Å²) in [7, 11) is 0. The van der Waals surface area contributed by atoms with Crippen LogP contribution in [0.3, 0.4) is 0 Å². The molecule has 7 heteroatoms. The minimum absolute atomic E-state index is 0.106. The van der Waals surface area contributed by atoms with Gasteiger partial charge in [-0.2, -0.15) is 0 Å². The smallest absolute Gasteiger partial charge is 0.278 e. The van der Waals surface area contributed by atoms with E-state index in [2.05, 4.69) is 10.6 Å². The Kier molecular flexibility index (Phi) is 4.63. The van der Waals surface area contributed by atoms with Crippen molar-refractivity contribution in [2.45, 2.75) is 12.5 Å². The average Bonchev–Trinajstić information content (AvgIpc) is 2.30. The number of benzene rings is 1. The van der Waals surface area contributed by atoms with Crippen LogP contribution in [0.5, 0.6) is 0 Å². The van der Waals surface area contributed by atoms with Crippen molar-refractivity contribution in [3.63, 3.8) is 0 Å². The number of carbonyl (C=O) groups excluding carboxylic acids is 2. The zero-order valence-corrected chi connectivity index (χ0v) is 11.6. The first-order valence-electron chi connectivity index (χ1n) is 5.91. The minimum atomic E-state index is -0.372. The maximum absolute atomic E-state index is 11.9. The van der Waals surface area contributed by atoms with Crippen LogP contribution in [0.1, 0.15) is 6.42 Å². The quantitative estimate of drug-likeness (QED) is 0.755. The molecule has 0 spiro atoms. The van der Waals surface area contributed by atoms with Crippen LogP contribution in [0.4, 0.5) is 5.69 Å². The van der Waals surface area contributed by atoms with Gasteiger partial charge in [-0.05, 0) is 18.2 Å². The molecular formula is C12H14Cl2N3O2+. The highest BCUT2D eigenvalue weighted by Gasteiger charge is 2.27. The lowest BCUT2D eigenvalue weighted by atomic mass is 10.1. The Hall–Kier alpha value is -1.30. The molecule has 102 valence electrons. The van der Waals surface area contributed by atoms with Crippen LogP contribution in [-0.2, 0) is 9.59 Å². The molecule has 0 bridgehead atoms. The van der Waals surface area contributed by atoms with Crippen molar-refractivity contribution >= 4 is 40.7 Å². The number of carbonyl (C=O) groups is 2. The SMILES string of the molecule is O=C(C[C@@H]1[NH2+]CCNC1=O)Nc1cc(Cl)cc(Cl)c1. The molecule has 2 amide bonds. The third-order valence-electron chi connectivity index (χ3n) is 2.78. The van der Waals surface area contributed by atoms with E-state index in [-0.39, 0.29) is 24.3 Å². The normalized spacial score (nSPS) is 18.8. The molecule has 5 nitrogen and oxygen atoms in total. The second-order valence-corrected chi connectivity index (χ2v) is 5.21. The van der Waals surface area contributed by atoms with Gasteiger partial charge in [0, 0.05) is 15.7 Å². The number of nitrogens with two attached hydrogens (primary N) is 1. The fourth-order valence-electron chi connectivity index (χ4n) is 1.93. The summed E-state index contributed by atoms with van der Waals surface area (Å²) < 4.78 is 0. The maximum Gasteiger partial charge on any atom is 0.278 e. The van der Waals surface area contributed by atoms with Gasteiger partial charge in [0.2, 0.25) is 5.91 Å². The van der Waals surface area contributed by atoms with Crippen molar-refractivity contribution in [3.05, 3.63) is 28.2 Å². The van der Waals surface area contributed by atoms with Crippen molar-refractivity contribution < 1.29 is 14.9 Å². The fourth-order valence-corrected chi connectivity index (χ4v) is 2.46. The van der Waals surface area contributed by atoms with E-state index in [0.29, 0.717) is 22.3 Å². The second-order valence-electron chi connectivity index (χ2n) is 4.33. The monoisotopic (exact) mass is 302 g/mol. The lowest BCUT2D eigenvalue weighted by Crippen LogP contribution is -2.96. The first-order valence-corrected chi connectivity index (χ1v) is 6.67. The topological polar surface area (TPSA) is 74.8 Å². The number of amides is 2. The first-order chi connectivity index (χ1) is 9.04. The number of piperazine rings is 1. The Morgan fingerprint density at radius 3 is 2.68 bits per heavy atom. The molecule has 0 radical (unpaired) electrons. The largest absolute Gasteiger partial charge is 0.345 e. The number of hydrogen-bond donors (Lipinski definition) is 3. The van der Waals surface area contributed by atoms with E-state index in [1.165, 1.54) is 0 Å². The summed E-state index contributed by atoms with van der Waals surface area (Å²) in [4.78, 5) is 23.4. The van der Waals surface area contributed by atoms with Crippen LogP contribution < -0.4 is 16.0 Å². The number of halogens is 2. The van der Waals surface area contributed by atoms with Gasteiger partial charge in [-0.1, -0.05) is 23.2 Å². The van der Waals surface area contributed by atoms with Crippen molar-refractivity contribution in [3.8, 4) is 0 Å². The molecule has 1 aromatic carbocycles. The van der Waals surface area contributed by atoms with Crippen molar-refractivity contribution in [1.29, 1.82) is 0 Å². The van der Waals surface area contributed by atoms with Crippen LogP contribution in [0.15, 0.2) is 18.2 Å². The molecule has 0 aliphatic carbocycles. The molecule has 0 aromatic heterocycles. The van der Waals surface area contributed by atoms with E-state index in [0.717, 1.165) is 6.54 Å². The van der Waals surface area contributed by atoms with Gasteiger partial charge in [-0.3, -0.25) is 9.59 Å². The molecule has 0 unspecified atom stereocenters. The number of quaternary nitrogens is 1. The lowest BCUT2D eigenvalue weighted by Gasteiger charge is -2.19. The van der Waals surface area contributed by atoms with E-state index < -0.39 is 0 Å². The van der Waals surface area contributed by atoms with E-state index in [1.807, 2.05) is 5.32 Å². The molecule has 4 N–H and O–H groups in total. The zero-order chi connectivity index (χ0) is 13.8. The van der Waals surface area contributed by atoms with Gasteiger partial charge in [-0.25, -0.2) is 0 Å². The average molecular weight is 303 g/mol. The summed E-state index contributed by atoms with van der Waals surface area (Å²) in [5.41, 5.74) is 0.527. The number of nitrogens with one attached hydrogen (secondary N) is 2. The second kappa shape index (κ2) is 6.23. The molecule has 1 saturated heterocycles. The highest BCUT2D eigenvalue weighted by atomic mass is 35.5. The van der Waals surface area contributed by atoms with Crippen molar-refractivity contribution in [2.24, 2.45) is 0 Å². The lowest BCUT2D eigenvalue weighted by molar-refractivity contribution is -0.678. The zero-order valence-electron chi connectivity index (χ0n) is 10.1. The predicted molar refractivity (Wildman–Crippen MR) is 73.3 cm³/mol. The summed E-state index contributed by atoms with van der Waals surface area (Å²) in [6.07, 6.45) is 0.121. The molecule has 0 saturated carbocycles. The summed E-state index contributed by atoms with van der Waals surface area (Å²) in [5.74, 6) is -0.345. The maximum atomic E-state index is 11.9. The highest BCUT2D eigenvalue weighted by molar-refractivity contribution is 6.35. The van der Waals surface area contributed by atoms with Gasteiger partial charge >= 0.3 is 0 Å². The van der Waals surface area contributed by atoms with E-state index in [9.17, 15) is 9.59 Å². The van der Waals surface area contributed by atoms with Gasteiger partial charge in [0.25, 0.3) is 5.91 Å². The van der Waals surface area contributed by atoms with Crippen LogP contribution in [0.25, 0.3) is 0 Å². The summed E-state index contributed by atoms with van der Waals surface area (Å²) in [6, 6.07) is 4.43. The van der Waals surface area contributed by atoms with E-state index in [1.54, 1.807) is 18.2 Å². The third kappa shape index (κ3) is 4.09. The molecule has 1 atom stereocenters. The minimum Gasteiger partial charge on any atom is -0.345 e. The van der Waals surface area contributed by atoms with Crippen LogP contribution in [-0.4, -0.2) is 30.9 Å². The van der Waals surface area contributed by atoms with Gasteiger partial charge in [0.1, 0.15) is 0 Å². The standard InChI is InChI=1S/C12H13Cl2N3O2/c13-7-3-8(14)5-9(4-7)17-11(18)6-10-12(19)16-2-1-15-10/h3-5,10,15H,1-2,6H2,(H,16,19)(H,17,18)/p+1/t10-/m0/s1. The molecular weight excluding hydrogens is 289 g/mol. The van der Waals surface area contributed by atoms with Gasteiger partial charge in [0.15, 0.2) is 6.04 Å². The Morgan fingerprint density at radius 2 is 2.05 bits per heavy atom. The Labute approximate surface area is 120 Å². The van der Waals surface area contributed by atoms with Gasteiger partial charge < -0.3 is 16.0 Å². The van der Waals surface area contributed by atoms with E-state index in [4.69, 9.17) is 23.2 Å². The van der Waals surface area contributed by atoms with Gasteiger partial charge in [-0.15, -0.1) is 0 Å². The van der Waals surface area contributed by atoms with E-state index >= 15 is 0 Å². The summed E-state index contributed by atoms with van der Waals surface area (Å²) in [5, 5.41) is 8.17. The molecule has 2 rings (SSSR count). The first kappa shape index (κ1) is 14.1. The predicted octanol–water partition coefficient (Wildman–Crippen LogP) is 0.384. The molecule has 1 fully saturated rings. The van der Waals surface area contributed by atoms with Crippen molar-refractivity contribution in [2.75, 3.05) is 18.4 Å².